The minimum Gasteiger partial charge on any atom is -0.337 e. The summed E-state index contributed by atoms with van der Waals surface area (Å²) in [5, 5.41) is 7.32. The number of hydrogen-bond acceptors (Lipinski definition) is 6. The highest BCUT2D eigenvalue weighted by molar-refractivity contribution is 7.10. The molecule has 2 aromatic rings. The Kier molecular flexibility index (Phi) is 5.80. The number of pyridine rings is 1. The standard InChI is InChI=1S/C19H24N6O2S/c26-18(24-10-3-1-4-11-24)16-17(28-23-22-16)21-19(27)25-12-5-2-8-15(25)14-7-6-9-20-13-14/h6-7,9,13,15H,1-5,8,10-12H2,(H,21,27). The van der Waals surface area contributed by atoms with Gasteiger partial charge in [-0.05, 0) is 50.2 Å². The Hall–Kier alpha value is -2.55. The molecule has 9 heteroatoms. The Balaban J connectivity index is 1.49. The highest BCUT2D eigenvalue weighted by Crippen LogP contribution is 2.31. The van der Waals surface area contributed by atoms with E-state index in [0.717, 1.165) is 68.7 Å². The van der Waals surface area contributed by atoms with Crippen molar-refractivity contribution in [2.24, 2.45) is 0 Å². The molecular weight excluding hydrogens is 376 g/mol. The molecule has 8 nitrogen and oxygen atoms in total. The fourth-order valence-electron chi connectivity index (χ4n) is 3.92. The lowest BCUT2D eigenvalue weighted by Gasteiger charge is -2.35. The predicted molar refractivity (Wildman–Crippen MR) is 106 cm³/mol. The Labute approximate surface area is 168 Å². The second-order valence-corrected chi connectivity index (χ2v) is 7.98. The number of nitrogens with zero attached hydrogens (tertiary/aromatic N) is 5. The van der Waals surface area contributed by atoms with Crippen LogP contribution in [0.3, 0.4) is 0 Å². The van der Waals surface area contributed by atoms with Gasteiger partial charge in [0.15, 0.2) is 10.7 Å². The molecule has 1 N–H and O–H groups in total. The van der Waals surface area contributed by atoms with Gasteiger partial charge in [-0.2, -0.15) is 0 Å². The number of nitrogens with one attached hydrogen (secondary N) is 1. The van der Waals surface area contributed by atoms with Crippen LogP contribution < -0.4 is 5.32 Å². The molecule has 3 amide bonds. The zero-order valence-corrected chi connectivity index (χ0v) is 16.5. The molecule has 1 unspecified atom stereocenters. The lowest BCUT2D eigenvalue weighted by atomic mass is 9.97. The first-order valence-electron chi connectivity index (χ1n) is 9.83. The molecule has 0 aromatic carbocycles. The molecule has 4 heterocycles. The van der Waals surface area contributed by atoms with Crippen molar-refractivity contribution in [3.63, 3.8) is 0 Å². The lowest BCUT2D eigenvalue weighted by molar-refractivity contribution is 0.0719. The first-order valence-corrected chi connectivity index (χ1v) is 10.6. The molecule has 4 rings (SSSR count). The Morgan fingerprint density at radius 1 is 1.11 bits per heavy atom. The van der Waals surface area contributed by atoms with Gasteiger partial charge in [0.05, 0.1) is 6.04 Å². The summed E-state index contributed by atoms with van der Waals surface area (Å²) in [6.45, 7) is 2.14. The smallest absolute Gasteiger partial charge is 0.323 e. The minimum atomic E-state index is -0.215. The monoisotopic (exact) mass is 400 g/mol. The van der Waals surface area contributed by atoms with Crippen molar-refractivity contribution in [2.45, 2.75) is 44.6 Å². The zero-order valence-electron chi connectivity index (χ0n) is 15.7. The van der Waals surface area contributed by atoms with E-state index in [-0.39, 0.29) is 23.7 Å². The molecule has 0 aliphatic carbocycles. The van der Waals surface area contributed by atoms with Crippen LogP contribution in [0.15, 0.2) is 24.5 Å². The van der Waals surface area contributed by atoms with E-state index in [1.54, 1.807) is 11.1 Å². The van der Waals surface area contributed by atoms with Crippen LogP contribution in [-0.2, 0) is 0 Å². The summed E-state index contributed by atoms with van der Waals surface area (Å²) in [6, 6.07) is 3.67. The largest absolute Gasteiger partial charge is 0.337 e. The van der Waals surface area contributed by atoms with Crippen molar-refractivity contribution in [2.75, 3.05) is 25.0 Å². The van der Waals surface area contributed by atoms with Crippen LogP contribution >= 0.6 is 11.5 Å². The maximum absolute atomic E-state index is 13.0. The maximum Gasteiger partial charge on any atom is 0.323 e. The first-order chi connectivity index (χ1) is 13.7. The van der Waals surface area contributed by atoms with Gasteiger partial charge in [-0.25, -0.2) is 4.79 Å². The molecular formula is C19H24N6O2S. The van der Waals surface area contributed by atoms with Crippen LogP contribution in [0.25, 0.3) is 0 Å². The van der Waals surface area contributed by atoms with E-state index in [1.165, 1.54) is 0 Å². The van der Waals surface area contributed by atoms with Gasteiger partial charge in [0.2, 0.25) is 0 Å². The van der Waals surface area contributed by atoms with Crippen LogP contribution in [0.1, 0.15) is 60.6 Å². The van der Waals surface area contributed by atoms with Gasteiger partial charge in [-0.15, -0.1) is 5.10 Å². The molecule has 0 bridgehead atoms. The van der Waals surface area contributed by atoms with Gasteiger partial charge in [0.1, 0.15) is 0 Å². The van der Waals surface area contributed by atoms with Gasteiger partial charge < -0.3 is 9.80 Å². The molecule has 0 saturated carbocycles. The van der Waals surface area contributed by atoms with Gasteiger partial charge in [-0.3, -0.25) is 15.1 Å². The number of hydrogen-bond donors (Lipinski definition) is 1. The normalized spacial score (nSPS) is 20.1. The molecule has 2 aliphatic heterocycles. The van der Waals surface area contributed by atoms with Gasteiger partial charge in [0, 0.05) is 43.6 Å². The van der Waals surface area contributed by atoms with Gasteiger partial charge >= 0.3 is 6.03 Å². The fraction of sp³-hybridized carbons (Fsp3) is 0.526. The van der Waals surface area contributed by atoms with E-state index < -0.39 is 0 Å². The third-order valence-electron chi connectivity index (χ3n) is 5.39. The van der Waals surface area contributed by atoms with Crippen LogP contribution in [0.5, 0.6) is 0 Å². The number of aromatic nitrogens is 3. The molecule has 0 spiro atoms. The summed E-state index contributed by atoms with van der Waals surface area (Å²) in [5.41, 5.74) is 1.28. The van der Waals surface area contributed by atoms with E-state index in [4.69, 9.17) is 0 Å². The summed E-state index contributed by atoms with van der Waals surface area (Å²) in [6.07, 6.45) is 9.65. The van der Waals surface area contributed by atoms with E-state index >= 15 is 0 Å². The average Bonchev–Trinajstić information content (AvgIpc) is 3.22. The Morgan fingerprint density at radius 3 is 2.71 bits per heavy atom. The fourth-order valence-corrected chi connectivity index (χ4v) is 4.47. The maximum atomic E-state index is 13.0. The number of rotatable bonds is 3. The molecule has 2 aliphatic rings. The van der Waals surface area contributed by atoms with Crippen molar-refractivity contribution in [3.8, 4) is 0 Å². The summed E-state index contributed by atoms with van der Waals surface area (Å²) in [7, 11) is 0. The van der Waals surface area contributed by atoms with Crippen molar-refractivity contribution < 1.29 is 9.59 Å². The number of likely N-dealkylation sites (tertiary alicyclic amines) is 2. The Morgan fingerprint density at radius 2 is 1.93 bits per heavy atom. The quantitative estimate of drug-likeness (QED) is 0.853. The Bertz CT molecular complexity index is 821. The zero-order chi connectivity index (χ0) is 19.3. The number of carbonyl (C=O) groups excluding carboxylic acids is 2. The third kappa shape index (κ3) is 3.99. The summed E-state index contributed by atoms with van der Waals surface area (Å²) >= 11 is 1.05. The highest BCUT2D eigenvalue weighted by Gasteiger charge is 2.30. The topological polar surface area (TPSA) is 91.3 Å². The summed E-state index contributed by atoms with van der Waals surface area (Å²) < 4.78 is 3.91. The lowest BCUT2D eigenvalue weighted by Crippen LogP contribution is -2.41. The first kappa shape index (κ1) is 18.8. The molecule has 2 saturated heterocycles. The second kappa shape index (κ2) is 8.64. The predicted octanol–water partition coefficient (Wildman–Crippen LogP) is 3.32. The van der Waals surface area contributed by atoms with Gasteiger partial charge in [0.25, 0.3) is 5.91 Å². The van der Waals surface area contributed by atoms with Gasteiger partial charge in [-0.1, -0.05) is 10.6 Å². The van der Waals surface area contributed by atoms with E-state index in [0.29, 0.717) is 11.5 Å². The molecule has 2 fully saturated rings. The number of amides is 3. The number of urea groups is 1. The number of anilines is 1. The van der Waals surface area contributed by atoms with Crippen LogP contribution in [-0.4, -0.2) is 55.9 Å². The van der Waals surface area contributed by atoms with Crippen molar-refractivity contribution in [3.05, 3.63) is 35.8 Å². The van der Waals surface area contributed by atoms with E-state index in [2.05, 4.69) is 19.9 Å². The number of carbonyl (C=O) groups is 2. The van der Waals surface area contributed by atoms with Crippen LogP contribution in [0, 0.1) is 0 Å². The second-order valence-electron chi connectivity index (χ2n) is 7.23. The van der Waals surface area contributed by atoms with E-state index in [1.807, 2.05) is 23.2 Å². The van der Waals surface area contributed by atoms with Crippen LogP contribution in [0.2, 0.25) is 0 Å². The summed E-state index contributed by atoms with van der Waals surface area (Å²) in [5.74, 6) is -0.147. The highest BCUT2D eigenvalue weighted by atomic mass is 32.1. The van der Waals surface area contributed by atoms with Crippen molar-refractivity contribution in [1.29, 1.82) is 0 Å². The molecule has 148 valence electrons. The van der Waals surface area contributed by atoms with Crippen molar-refractivity contribution >= 4 is 28.5 Å². The molecule has 1 atom stereocenters. The van der Waals surface area contributed by atoms with Crippen LogP contribution in [0.4, 0.5) is 9.80 Å². The third-order valence-corrected chi connectivity index (χ3v) is 6.03. The summed E-state index contributed by atoms with van der Waals surface area (Å²) in [4.78, 5) is 33.6. The molecule has 28 heavy (non-hydrogen) atoms. The molecule has 0 radical (unpaired) electrons. The SMILES string of the molecule is O=C(c1nnsc1NC(=O)N1CCCCC1c1cccnc1)N1CCCCC1. The number of piperidine rings is 2. The minimum absolute atomic E-state index is 0.00965. The van der Waals surface area contributed by atoms with E-state index in [9.17, 15) is 9.59 Å². The molecule has 2 aromatic heterocycles. The van der Waals surface area contributed by atoms with Crippen molar-refractivity contribution in [1.82, 2.24) is 24.4 Å². The average molecular weight is 401 g/mol.